The van der Waals surface area contributed by atoms with Gasteiger partial charge in [0.1, 0.15) is 6.04 Å². The Morgan fingerprint density at radius 3 is 2.83 bits per heavy atom. The van der Waals surface area contributed by atoms with Gasteiger partial charge < -0.3 is 0 Å². The number of amides is 4. The fourth-order valence-corrected chi connectivity index (χ4v) is 2.84. The molecule has 1 aromatic heterocycles. The number of likely N-dealkylation sites (tertiary alicyclic amines) is 1. The summed E-state index contributed by atoms with van der Waals surface area (Å²) in [5.41, 5.74) is 0.733. The molecular weight excluding hydrogens is 310 g/mol. The van der Waals surface area contributed by atoms with E-state index in [9.17, 15) is 19.2 Å². The highest BCUT2D eigenvalue weighted by atomic mass is 16.2. The van der Waals surface area contributed by atoms with Crippen molar-refractivity contribution in [2.75, 3.05) is 0 Å². The first-order valence-electron chi connectivity index (χ1n) is 7.65. The number of imide groups is 2. The molecule has 0 aliphatic carbocycles. The third-order valence-corrected chi connectivity index (χ3v) is 4.04. The number of carbonyl (C=O) groups is 4. The topological polar surface area (TPSA) is 96.4 Å². The van der Waals surface area contributed by atoms with Crippen molar-refractivity contribution in [2.45, 2.75) is 31.7 Å². The Labute approximate surface area is 138 Å². The first-order chi connectivity index (χ1) is 11.6. The average Bonchev–Trinajstić information content (AvgIpc) is 2.83. The molecule has 2 aliphatic heterocycles. The summed E-state index contributed by atoms with van der Waals surface area (Å²) < 4.78 is 0. The standard InChI is InChI=1S/C17H15N3O4/c21-14-7-6-13(16(23)19-14)20-15(22)9-12(17(20)24)5-1-3-11-4-2-8-18-10-11/h2,4,8,10,12-13H,5-7,9H2,(H,19,21,23). The van der Waals surface area contributed by atoms with Crippen molar-refractivity contribution in [3.05, 3.63) is 30.1 Å². The Kier molecular flexibility index (Phi) is 4.38. The van der Waals surface area contributed by atoms with Gasteiger partial charge in [-0.25, -0.2) is 0 Å². The van der Waals surface area contributed by atoms with E-state index in [1.807, 2.05) is 0 Å². The second-order valence-corrected chi connectivity index (χ2v) is 5.72. The first kappa shape index (κ1) is 15.9. The van der Waals surface area contributed by atoms with Gasteiger partial charge in [0, 0.05) is 37.2 Å². The number of pyridine rings is 1. The monoisotopic (exact) mass is 325 g/mol. The van der Waals surface area contributed by atoms with Gasteiger partial charge in [0.25, 0.3) is 0 Å². The van der Waals surface area contributed by atoms with Crippen molar-refractivity contribution in [2.24, 2.45) is 5.92 Å². The van der Waals surface area contributed by atoms with Crippen molar-refractivity contribution in [3.63, 3.8) is 0 Å². The maximum absolute atomic E-state index is 12.4. The first-order valence-corrected chi connectivity index (χ1v) is 7.65. The Balaban J connectivity index is 1.67. The summed E-state index contributed by atoms with van der Waals surface area (Å²) in [6, 6.07) is 2.68. The minimum Gasteiger partial charge on any atom is -0.295 e. The lowest BCUT2D eigenvalue weighted by atomic mass is 10.0. The molecule has 0 bridgehead atoms. The number of hydrogen-bond acceptors (Lipinski definition) is 5. The molecule has 1 N–H and O–H groups in total. The smallest absolute Gasteiger partial charge is 0.249 e. The van der Waals surface area contributed by atoms with Gasteiger partial charge in [-0.15, -0.1) is 0 Å². The van der Waals surface area contributed by atoms with Crippen molar-refractivity contribution in [1.82, 2.24) is 15.2 Å². The van der Waals surface area contributed by atoms with Crippen molar-refractivity contribution < 1.29 is 19.2 Å². The highest BCUT2D eigenvalue weighted by molar-refractivity contribution is 6.09. The fraction of sp³-hybridized carbons (Fsp3) is 0.353. The zero-order valence-electron chi connectivity index (χ0n) is 12.8. The molecule has 3 heterocycles. The molecule has 0 saturated carbocycles. The lowest BCUT2D eigenvalue weighted by Crippen LogP contribution is -2.54. The van der Waals surface area contributed by atoms with Gasteiger partial charge in [-0.3, -0.25) is 34.4 Å². The maximum atomic E-state index is 12.4. The summed E-state index contributed by atoms with van der Waals surface area (Å²) in [5.74, 6) is 3.49. The Hall–Kier alpha value is -3.01. The van der Waals surface area contributed by atoms with E-state index in [1.54, 1.807) is 24.5 Å². The fourth-order valence-electron chi connectivity index (χ4n) is 2.84. The molecule has 2 fully saturated rings. The van der Waals surface area contributed by atoms with E-state index in [2.05, 4.69) is 22.1 Å². The molecule has 7 nitrogen and oxygen atoms in total. The molecule has 2 unspecified atom stereocenters. The number of piperidine rings is 1. The molecule has 2 saturated heterocycles. The number of nitrogens with one attached hydrogen (secondary N) is 1. The lowest BCUT2D eigenvalue weighted by Gasteiger charge is -2.28. The SMILES string of the molecule is O=C1CCC(N2C(=O)CC(CC#Cc3cccnc3)C2=O)C(=O)N1. The van der Waals surface area contributed by atoms with Crippen LogP contribution in [-0.4, -0.2) is 39.6 Å². The third-order valence-electron chi connectivity index (χ3n) is 4.04. The van der Waals surface area contributed by atoms with Crippen LogP contribution in [0.15, 0.2) is 24.5 Å². The maximum Gasteiger partial charge on any atom is 0.249 e. The van der Waals surface area contributed by atoms with Gasteiger partial charge in [-0.2, -0.15) is 0 Å². The third kappa shape index (κ3) is 3.18. The van der Waals surface area contributed by atoms with Crippen LogP contribution >= 0.6 is 0 Å². The summed E-state index contributed by atoms with van der Waals surface area (Å²) in [6.07, 6.45) is 3.84. The molecule has 2 aliphatic rings. The summed E-state index contributed by atoms with van der Waals surface area (Å²) >= 11 is 0. The Morgan fingerprint density at radius 1 is 1.29 bits per heavy atom. The van der Waals surface area contributed by atoms with Crippen LogP contribution in [0.2, 0.25) is 0 Å². The number of hydrogen-bond donors (Lipinski definition) is 1. The predicted molar refractivity (Wildman–Crippen MR) is 81.9 cm³/mol. The van der Waals surface area contributed by atoms with Gasteiger partial charge in [0.15, 0.2) is 0 Å². The van der Waals surface area contributed by atoms with Crippen LogP contribution in [0, 0.1) is 17.8 Å². The molecular formula is C17H15N3O4. The minimum atomic E-state index is -0.890. The van der Waals surface area contributed by atoms with Crippen LogP contribution in [0.5, 0.6) is 0 Å². The van der Waals surface area contributed by atoms with E-state index < -0.39 is 23.8 Å². The molecule has 24 heavy (non-hydrogen) atoms. The Morgan fingerprint density at radius 2 is 2.12 bits per heavy atom. The molecule has 7 heteroatoms. The Bertz CT molecular complexity index is 763. The number of aromatic nitrogens is 1. The number of carbonyl (C=O) groups excluding carboxylic acids is 4. The van der Waals surface area contributed by atoms with Crippen LogP contribution in [0.4, 0.5) is 0 Å². The van der Waals surface area contributed by atoms with E-state index in [-0.39, 0.29) is 37.5 Å². The van der Waals surface area contributed by atoms with E-state index >= 15 is 0 Å². The van der Waals surface area contributed by atoms with Crippen LogP contribution in [0.1, 0.15) is 31.2 Å². The molecule has 1 aromatic rings. The van der Waals surface area contributed by atoms with Gasteiger partial charge in [-0.1, -0.05) is 11.8 Å². The molecule has 3 rings (SSSR count). The molecule has 2 atom stereocenters. The van der Waals surface area contributed by atoms with Gasteiger partial charge in [0.05, 0.1) is 5.92 Å². The van der Waals surface area contributed by atoms with Gasteiger partial charge >= 0.3 is 0 Å². The zero-order chi connectivity index (χ0) is 17.1. The molecule has 4 amide bonds. The van der Waals surface area contributed by atoms with Crippen LogP contribution < -0.4 is 5.32 Å². The van der Waals surface area contributed by atoms with Gasteiger partial charge in [0.2, 0.25) is 23.6 Å². The van der Waals surface area contributed by atoms with Crippen molar-refractivity contribution in [3.8, 4) is 11.8 Å². The van der Waals surface area contributed by atoms with E-state index in [4.69, 9.17) is 0 Å². The molecule has 122 valence electrons. The molecule has 0 radical (unpaired) electrons. The number of rotatable bonds is 2. The lowest BCUT2D eigenvalue weighted by molar-refractivity contribution is -0.151. The van der Waals surface area contributed by atoms with Gasteiger partial charge in [-0.05, 0) is 18.6 Å². The van der Waals surface area contributed by atoms with Crippen LogP contribution in [0.3, 0.4) is 0 Å². The highest BCUT2D eigenvalue weighted by Gasteiger charge is 2.45. The summed E-state index contributed by atoms with van der Waals surface area (Å²) in [6.45, 7) is 0. The number of nitrogens with zero attached hydrogens (tertiary/aromatic N) is 2. The normalized spacial score (nSPS) is 23.8. The van der Waals surface area contributed by atoms with E-state index in [0.29, 0.717) is 0 Å². The van der Waals surface area contributed by atoms with Crippen molar-refractivity contribution in [1.29, 1.82) is 0 Å². The van der Waals surface area contributed by atoms with Crippen LogP contribution in [-0.2, 0) is 19.2 Å². The summed E-state index contributed by atoms with van der Waals surface area (Å²) in [7, 11) is 0. The highest BCUT2D eigenvalue weighted by Crippen LogP contribution is 2.27. The van der Waals surface area contributed by atoms with E-state index in [0.717, 1.165) is 10.5 Å². The zero-order valence-corrected chi connectivity index (χ0v) is 12.8. The van der Waals surface area contributed by atoms with Crippen molar-refractivity contribution >= 4 is 23.6 Å². The predicted octanol–water partition coefficient (Wildman–Crippen LogP) is 0.00350. The minimum absolute atomic E-state index is 0.0400. The molecule has 0 aromatic carbocycles. The van der Waals surface area contributed by atoms with E-state index in [1.165, 1.54) is 0 Å². The quantitative estimate of drug-likeness (QED) is 0.610. The summed E-state index contributed by atoms with van der Waals surface area (Å²) in [4.78, 5) is 52.6. The van der Waals surface area contributed by atoms with Crippen LogP contribution in [0.25, 0.3) is 0 Å². The second kappa shape index (κ2) is 6.62. The summed E-state index contributed by atoms with van der Waals surface area (Å²) in [5, 5.41) is 2.17. The molecule has 0 spiro atoms. The second-order valence-electron chi connectivity index (χ2n) is 5.72. The largest absolute Gasteiger partial charge is 0.295 e. The average molecular weight is 325 g/mol.